The molecule has 1 aliphatic rings. The lowest BCUT2D eigenvalue weighted by Gasteiger charge is -2.34. The van der Waals surface area contributed by atoms with Crippen LogP contribution in [0, 0.1) is 0 Å². The highest BCUT2D eigenvalue weighted by molar-refractivity contribution is 5.39. The molecule has 0 aromatic carbocycles. The average Bonchev–Trinajstić information content (AvgIpc) is 2.48. The number of nitrogens with one attached hydrogen (secondary N) is 1. The molecule has 1 aliphatic heterocycles. The van der Waals surface area contributed by atoms with Crippen LogP contribution in [-0.4, -0.2) is 49.2 Å². The Morgan fingerprint density at radius 1 is 1.16 bits per heavy atom. The summed E-state index contributed by atoms with van der Waals surface area (Å²) in [5.41, 5.74) is 1.27. The van der Waals surface area contributed by atoms with Crippen LogP contribution in [-0.2, 0) is 6.54 Å². The van der Waals surface area contributed by atoms with Crippen molar-refractivity contribution in [3.63, 3.8) is 0 Å². The lowest BCUT2D eigenvalue weighted by atomic mass is 10.2. The van der Waals surface area contributed by atoms with Gasteiger partial charge in [-0.05, 0) is 31.1 Å². The minimum Gasteiger partial charge on any atom is -0.354 e. The fourth-order valence-corrected chi connectivity index (χ4v) is 2.41. The quantitative estimate of drug-likeness (QED) is 0.791. The van der Waals surface area contributed by atoms with E-state index in [0.717, 1.165) is 51.6 Å². The molecule has 19 heavy (non-hydrogen) atoms. The second-order valence-electron chi connectivity index (χ2n) is 5.12. The number of aromatic nitrogens is 1. The third-order valence-corrected chi connectivity index (χ3v) is 3.71. The van der Waals surface area contributed by atoms with Crippen molar-refractivity contribution in [2.75, 3.05) is 44.2 Å². The molecule has 0 spiro atoms. The van der Waals surface area contributed by atoms with E-state index in [0.29, 0.717) is 0 Å². The van der Waals surface area contributed by atoms with Gasteiger partial charge in [-0.25, -0.2) is 4.98 Å². The highest BCUT2D eigenvalue weighted by Gasteiger charge is 2.16. The highest BCUT2D eigenvalue weighted by atomic mass is 15.3. The summed E-state index contributed by atoms with van der Waals surface area (Å²) < 4.78 is 0. The molecular weight excluding hydrogens is 236 g/mol. The molecule has 0 saturated carbocycles. The smallest absolute Gasteiger partial charge is 0.128 e. The minimum absolute atomic E-state index is 0.921. The van der Waals surface area contributed by atoms with Crippen molar-refractivity contribution in [1.82, 2.24) is 15.2 Å². The first kappa shape index (κ1) is 14.3. The summed E-state index contributed by atoms with van der Waals surface area (Å²) in [5.74, 6) is 1.12. The van der Waals surface area contributed by atoms with Gasteiger partial charge in [0.1, 0.15) is 5.82 Å². The summed E-state index contributed by atoms with van der Waals surface area (Å²) in [6.45, 7) is 12.0. The molecule has 4 heteroatoms. The van der Waals surface area contributed by atoms with Crippen molar-refractivity contribution >= 4 is 5.82 Å². The molecule has 0 unspecified atom stereocenters. The molecule has 0 atom stereocenters. The number of hydrogen-bond donors (Lipinski definition) is 1. The van der Waals surface area contributed by atoms with E-state index >= 15 is 0 Å². The Balaban J connectivity index is 1.84. The molecule has 0 amide bonds. The molecule has 1 saturated heterocycles. The number of pyridine rings is 1. The van der Waals surface area contributed by atoms with Crippen LogP contribution in [0.3, 0.4) is 0 Å². The van der Waals surface area contributed by atoms with Gasteiger partial charge < -0.3 is 15.1 Å². The molecular formula is C15H26N4. The Kier molecular flexibility index (Phi) is 5.61. The first-order valence-corrected chi connectivity index (χ1v) is 7.46. The maximum absolute atomic E-state index is 4.60. The Morgan fingerprint density at radius 2 is 1.95 bits per heavy atom. The van der Waals surface area contributed by atoms with Crippen molar-refractivity contribution in [2.45, 2.75) is 26.8 Å². The molecule has 106 valence electrons. The topological polar surface area (TPSA) is 31.4 Å². The minimum atomic E-state index is 0.921. The summed E-state index contributed by atoms with van der Waals surface area (Å²) in [5, 5.41) is 3.40. The molecule has 1 aromatic heterocycles. The fraction of sp³-hybridized carbons (Fsp3) is 0.667. The fourth-order valence-electron chi connectivity index (χ4n) is 2.41. The van der Waals surface area contributed by atoms with Gasteiger partial charge in [-0.2, -0.15) is 0 Å². The molecule has 4 nitrogen and oxygen atoms in total. The lowest BCUT2D eigenvalue weighted by Crippen LogP contribution is -2.46. The van der Waals surface area contributed by atoms with Crippen molar-refractivity contribution < 1.29 is 0 Å². The number of piperazine rings is 1. The van der Waals surface area contributed by atoms with Crippen LogP contribution in [0.4, 0.5) is 5.82 Å². The average molecular weight is 262 g/mol. The van der Waals surface area contributed by atoms with E-state index in [-0.39, 0.29) is 0 Å². The number of nitrogens with zero attached hydrogens (tertiary/aromatic N) is 3. The van der Waals surface area contributed by atoms with Crippen molar-refractivity contribution in [3.8, 4) is 0 Å². The van der Waals surface area contributed by atoms with Gasteiger partial charge in [0.15, 0.2) is 0 Å². The van der Waals surface area contributed by atoms with Gasteiger partial charge >= 0.3 is 0 Å². The SMILES string of the molecule is CCCNCc1ccc(N2CCN(CC)CC2)nc1. The van der Waals surface area contributed by atoms with Gasteiger partial charge in [-0.1, -0.05) is 19.9 Å². The van der Waals surface area contributed by atoms with Gasteiger partial charge in [0.05, 0.1) is 0 Å². The van der Waals surface area contributed by atoms with E-state index in [9.17, 15) is 0 Å². The van der Waals surface area contributed by atoms with Gasteiger partial charge in [-0.15, -0.1) is 0 Å². The summed E-state index contributed by atoms with van der Waals surface area (Å²) in [6, 6.07) is 4.35. The summed E-state index contributed by atoms with van der Waals surface area (Å²) in [7, 11) is 0. The first-order valence-electron chi connectivity index (χ1n) is 7.46. The van der Waals surface area contributed by atoms with Crippen LogP contribution < -0.4 is 10.2 Å². The molecule has 0 radical (unpaired) electrons. The van der Waals surface area contributed by atoms with Crippen LogP contribution in [0.5, 0.6) is 0 Å². The molecule has 1 aromatic rings. The number of hydrogen-bond acceptors (Lipinski definition) is 4. The monoisotopic (exact) mass is 262 g/mol. The zero-order valence-electron chi connectivity index (χ0n) is 12.2. The van der Waals surface area contributed by atoms with Crippen molar-refractivity contribution in [1.29, 1.82) is 0 Å². The Morgan fingerprint density at radius 3 is 2.53 bits per heavy atom. The predicted molar refractivity (Wildman–Crippen MR) is 80.6 cm³/mol. The Hall–Kier alpha value is -1.13. The second-order valence-corrected chi connectivity index (χ2v) is 5.12. The van der Waals surface area contributed by atoms with Crippen LogP contribution in [0.2, 0.25) is 0 Å². The van der Waals surface area contributed by atoms with Crippen molar-refractivity contribution in [3.05, 3.63) is 23.9 Å². The largest absolute Gasteiger partial charge is 0.354 e. The molecule has 2 rings (SSSR count). The normalized spacial score (nSPS) is 16.8. The molecule has 1 N–H and O–H groups in total. The van der Waals surface area contributed by atoms with Gasteiger partial charge in [0.25, 0.3) is 0 Å². The number of rotatable bonds is 6. The Labute approximate surface area is 116 Å². The number of likely N-dealkylation sites (N-methyl/N-ethyl adjacent to an activating group) is 1. The van der Waals surface area contributed by atoms with Crippen LogP contribution in [0.15, 0.2) is 18.3 Å². The predicted octanol–water partition coefficient (Wildman–Crippen LogP) is 1.72. The van der Waals surface area contributed by atoms with Crippen LogP contribution in [0.25, 0.3) is 0 Å². The third kappa shape index (κ3) is 4.18. The van der Waals surface area contributed by atoms with Gasteiger partial charge in [0.2, 0.25) is 0 Å². The molecule has 2 heterocycles. The second kappa shape index (κ2) is 7.46. The highest BCUT2D eigenvalue weighted by Crippen LogP contribution is 2.13. The lowest BCUT2D eigenvalue weighted by molar-refractivity contribution is 0.270. The van der Waals surface area contributed by atoms with E-state index in [1.165, 1.54) is 12.0 Å². The van der Waals surface area contributed by atoms with Crippen LogP contribution >= 0.6 is 0 Å². The molecule has 0 bridgehead atoms. The standard InChI is InChI=1S/C15H26N4/c1-3-7-16-12-14-5-6-15(17-13-14)19-10-8-18(4-2)9-11-19/h5-6,13,16H,3-4,7-12H2,1-2H3. The summed E-state index contributed by atoms with van der Waals surface area (Å²) >= 11 is 0. The van der Waals surface area contributed by atoms with E-state index in [2.05, 4.69) is 46.1 Å². The van der Waals surface area contributed by atoms with E-state index in [1.54, 1.807) is 0 Å². The zero-order chi connectivity index (χ0) is 13.5. The first-order chi connectivity index (χ1) is 9.33. The van der Waals surface area contributed by atoms with E-state index in [4.69, 9.17) is 0 Å². The van der Waals surface area contributed by atoms with E-state index < -0.39 is 0 Å². The summed E-state index contributed by atoms with van der Waals surface area (Å²) in [4.78, 5) is 9.47. The van der Waals surface area contributed by atoms with Gasteiger partial charge in [-0.3, -0.25) is 0 Å². The van der Waals surface area contributed by atoms with Crippen LogP contribution in [0.1, 0.15) is 25.8 Å². The third-order valence-electron chi connectivity index (χ3n) is 3.71. The summed E-state index contributed by atoms with van der Waals surface area (Å²) in [6.07, 6.45) is 3.18. The van der Waals surface area contributed by atoms with Crippen molar-refractivity contribution in [2.24, 2.45) is 0 Å². The maximum atomic E-state index is 4.60. The molecule has 0 aliphatic carbocycles. The zero-order valence-corrected chi connectivity index (χ0v) is 12.2. The number of anilines is 1. The van der Waals surface area contributed by atoms with E-state index in [1.807, 2.05) is 6.20 Å². The molecule has 1 fully saturated rings. The maximum Gasteiger partial charge on any atom is 0.128 e. The Bertz CT molecular complexity index is 355. The van der Waals surface area contributed by atoms with Gasteiger partial charge in [0, 0.05) is 38.9 Å².